The van der Waals surface area contributed by atoms with Gasteiger partial charge < -0.3 is 10.2 Å². The highest BCUT2D eigenvalue weighted by atomic mass is 35.5. The number of halogens is 9. The second-order valence-electron chi connectivity index (χ2n) is 8.84. The first-order valence-corrected chi connectivity index (χ1v) is 11.8. The van der Waals surface area contributed by atoms with Gasteiger partial charge in [-0.05, 0) is 54.7 Å². The standard InChI is InChI=1S/C23H19Cl3F6N2O/c24-17-7-14(8-18(25)19(17)26)21(23(30,31)32)5-6-34(11-21)15-4-3-13(16(9-15)22(27,28)29)10-33-20(35)12-1-2-12/h3-4,7-9,12H,1-2,5-6,10-11H2,(H,33,35). The molecule has 1 saturated heterocycles. The molecule has 0 spiro atoms. The van der Waals surface area contributed by atoms with E-state index in [9.17, 15) is 31.1 Å². The Labute approximate surface area is 212 Å². The smallest absolute Gasteiger partial charge is 0.370 e. The van der Waals surface area contributed by atoms with Crippen molar-refractivity contribution in [3.63, 3.8) is 0 Å². The first-order chi connectivity index (χ1) is 16.2. The van der Waals surface area contributed by atoms with Crippen LogP contribution in [0.3, 0.4) is 0 Å². The van der Waals surface area contributed by atoms with E-state index in [4.69, 9.17) is 34.8 Å². The fraction of sp³-hybridized carbons (Fsp3) is 0.435. The van der Waals surface area contributed by atoms with E-state index >= 15 is 0 Å². The SMILES string of the molecule is O=C(NCc1ccc(N2CCC(c3cc(Cl)c(Cl)c(Cl)c3)(C(F)(F)F)C2)cc1C(F)(F)F)C1CC1. The molecule has 3 nitrogen and oxygen atoms in total. The Morgan fingerprint density at radius 3 is 2.20 bits per heavy atom. The molecule has 2 aromatic carbocycles. The Morgan fingerprint density at radius 1 is 1.03 bits per heavy atom. The molecule has 2 aromatic rings. The van der Waals surface area contributed by atoms with Crippen molar-refractivity contribution in [2.75, 3.05) is 18.0 Å². The zero-order valence-corrected chi connectivity index (χ0v) is 20.2. The van der Waals surface area contributed by atoms with Crippen LogP contribution in [0.4, 0.5) is 32.0 Å². The average Bonchev–Trinajstić information content (AvgIpc) is 3.51. The van der Waals surface area contributed by atoms with Gasteiger partial charge in [-0.3, -0.25) is 4.79 Å². The number of nitrogens with zero attached hydrogens (tertiary/aromatic N) is 1. The number of anilines is 1. The molecule has 0 radical (unpaired) electrons. The number of carbonyl (C=O) groups excluding carboxylic acids is 1. The minimum atomic E-state index is -4.76. The van der Waals surface area contributed by atoms with Crippen molar-refractivity contribution in [1.29, 1.82) is 0 Å². The zero-order chi connectivity index (χ0) is 25.8. The Morgan fingerprint density at radius 2 is 1.66 bits per heavy atom. The molecule has 1 heterocycles. The quantitative estimate of drug-likeness (QED) is 0.306. The molecular formula is C23H19Cl3F6N2O. The zero-order valence-electron chi connectivity index (χ0n) is 18.0. The molecule has 12 heteroatoms. The molecule has 1 aliphatic carbocycles. The highest BCUT2D eigenvalue weighted by molar-refractivity contribution is 6.48. The Hall–Kier alpha value is -1.84. The molecular weight excluding hydrogens is 541 g/mol. The molecule has 1 saturated carbocycles. The topological polar surface area (TPSA) is 32.3 Å². The van der Waals surface area contributed by atoms with Crippen molar-refractivity contribution in [1.82, 2.24) is 5.32 Å². The van der Waals surface area contributed by atoms with E-state index in [1.54, 1.807) is 0 Å². The summed E-state index contributed by atoms with van der Waals surface area (Å²) in [5.74, 6) is -0.476. The number of rotatable bonds is 5. The summed E-state index contributed by atoms with van der Waals surface area (Å²) in [6.45, 7) is -1.09. The summed E-state index contributed by atoms with van der Waals surface area (Å²) in [5, 5.41) is 2.12. The number of nitrogens with one attached hydrogen (secondary N) is 1. The summed E-state index contributed by atoms with van der Waals surface area (Å²) in [6, 6.07) is 5.54. The minimum Gasteiger partial charge on any atom is -0.370 e. The summed E-state index contributed by atoms with van der Waals surface area (Å²) in [6.07, 6.45) is -8.49. The van der Waals surface area contributed by atoms with E-state index in [0.29, 0.717) is 12.8 Å². The van der Waals surface area contributed by atoms with Crippen molar-refractivity contribution in [3.8, 4) is 0 Å². The Bertz CT molecular complexity index is 1130. The summed E-state index contributed by atoms with van der Waals surface area (Å²) >= 11 is 17.8. The van der Waals surface area contributed by atoms with Gasteiger partial charge in [0.15, 0.2) is 0 Å². The van der Waals surface area contributed by atoms with Crippen molar-refractivity contribution in [2.24, 2.45) is 5.92 Å². The van der Waals surface area contributed by atoms with Crippen LogP contribution in [0.25, 0.3) is 0 Å². The lowest BCUT2D eigenvalue weighted by Gasteiger charge is -2.33. The van der Waals surface area contributed by atoms with Crippen molar-refractivity contribution < 1.29 is 31.1 Å². The van der Waals surface area contributed by atoms with Crippen LogP contribution in [0, 0.1) is 5.92 Å². The van der Waals surface area contributed by atoms with Crippen LogP contribution in [-0.2, 0) is 22.9 Å². The number of hydrogen-bond donors (Lipinski definition) is 1. The van der Waals surface area contributed by atoms with Gasteiger partial charge in [0.05, 0.1) is 20.6 Å². The van der Waals surface area contributed by atoms with Gasteiger partial charge in [0, 0.05) is 31.2 Å². The molecule has 2 fully saturated rings. The molecule has 0 aromatic heterocycles. The minimum absolute atomic E-state index is 0.00752. The predicted octanol–water partition coefficient (Wildman–Crippen LogP) is 7.40. The Kier molecular flexibility index (Phi) is 6.92. The summed E-state index contributed by atoms with van der Waals surface area (Å²) in [7, 11) is 0. The van der Waals surface area contributed by atoms with Crippen LogP contribution in [0.1, 0.15) is 36.0 Å². The van der Waals surface area contributed by atoms with E-state index in [-0.39, 0.29) is 56.8 Å². The summed E-state index contributed by atoms with van der Waals surface area (Å²) in [4.78, 5) is 13.1. The van der Waals surface area contributed by atoms with E-state index < -0.39 is 36.3 Å². The van der Waals surface area contributed by atoms with Gasteiger partial charge >= 0.3 is 12.4 Å². The maximum absolute atomic E-state index is 14.4. The van der Waals surface area contributed by atoms with Crippen molar-refractivity contribution in [2.45, 2.75) is 43.6 Å². The predicted molar refractivity (Wildman–Crippen MR) is 122 cm³/mol. The van der Waals surface area contributed by atoms with Gasteiger partial charge in [-0.15, -0.1) is 0 Å². The fourth-order valence-corrected chi connectivity index (χ4v) is 4.94. The van der Waals surface area contributed by atoms with Crippen LogP contribution >= 0.6 is 34.8 Å². The largest absolute Gasteiger partial charge is 0.416 e. The van der Waals surface area contributed by atoms with Gasteiger partial charge in [-0.2, -0.15) is 26.3 Å². The average molecular weight is 560 g/mol. The molecule has 1 unspecified atom stereocenters. The van der Waals surface area contributed by atoms with Crippen molar-refractivity contribution >= 4 is 46.4 Å². The Balaban J connectivity index is 1.65. The molecule has 35 heavy (non-hydrogen) atoms. The third-order valence-electron chi connectivity index (χ3n) is 6.51. The lowest BCUT2D eigenvalue weighted by atomic mass is 9.79. The molecule has 1 N–H and O–H groups in total. The van der Waals surface area contributed by atoms with Gasteiger partial charge in [0.1, 0.15) is 5.41 Å². The third kappa shape index (κ3) is 5.18. The lowest BCUT2D eigenvalue weighted by Crippen LogP contribution is -2.45. The van der Waals surface area contributed by atoms with E-state index in [2.05, 4.69) is 5.32 Å². The maximum atomic E-state index is 14.4. The molecule has 4 rings (SSSR count). The van der Waals surface area contributed by atoms with Gasteiger partial charge in [-0.25, -0.2) is 0 Å². The van der Waals surface area contributed by atoms with Crippen LogP contribution in [0.5, 0.6) is 0 Å². The van der Waals surface area contributed by atoms with Crippen LogP contribution in [0.2, 0.25) is 15.1 Å². The maximum Gasteiger partial charge on any atom is 0.416 e. The normalized spacial score (nSPS) is 20.9. The summed E-state index contributed by atoms with van der Waals surface area (Å²) < 4.78 is 84.5. The fourth-order valence-electron chi connectivity index (χ4n) is 4.34. The number of amides is 1. The van der Waals surface area contributed by atoms with E-state index in [1.165, 1.54) is 17.0 Å². The highest BCUT2D eigenvalue weighted by Gasteiger charge is 2.59. The molecule has 1 aliphatic heterocycles. The highest BCUT2D eigenvalue weighted by Crippen LogP contribution is 2.50. The second-order valence-corrected chi connectivity index (χ2v) is 10.0. The van der Waals surface area contributed by atoms with Gasteiger partial charge in [0.2, 0.25) is 5.91 Å². The molecule has 190 valence electrons. The van der Waals surface area contributed by atoms with Crippen LogP contribution in [0.15, 0.2) is 30.3 Å². The van der Waals surface area contributed by atoms with Gasteiger partial charge in [-0.1, -0.05) is 40.9 Å². The van der Waals surface area contributed by atoms with Crippen LogP contribution < -0.4 is 10.2 Å². The van der Waals surface area contributed by atoms with Gasteiger partial charge in [0.25, 0.3) is 0 Å². The van der Waals surface area contributed by atoms with E-state index in [1.807, 2.05) is 0 Å². The third-order valence-corrected chi connectivity index (χ3v) is 7.71. The molecule has 1 amide bonds. The number of hydrogen-bond acceptors (Lipinski definition) is 2. The number of benzene rings is 2. The first-order valence-electron chi connectivity index (χ1n) is 10.7. The molecule has 1 atom stereocenters. The monoisotopic (exact) mass is 558 g/mol. The lowest BCUT2D eigenvalue weighted by molar-refractivity contribution is -0.184. The molecule has 2 aliphatic rings. The van der Waals surface area contributed by atoms with E-state index in [0.717, 1.165) is 18.2 Å². The van der Waals surface area contributed by atoms with Crippen molar-refractivity contribution in [3.05, 3.63) is 62.1 Å². The number of carbonyl (C=O) groups is 1. The summed E-state index contributed by atoms with van der Waals surface area (Å²) in [5.41, 5.74) is -3.78. The second kappa shape index (κ2) is 9.23. The van der Waals surface area contributed by atoms with Crippen LogP contribution in [-0.4, -0.2) is 25.2 Å². The molecule has 0 bridgehead atoms. The number of alkyl halides is 6. The first kappa shape index (κ1) is 26.2.